The molecule has 0 radical (unpaired) electrons. The Kier molecular flexibility index (Phi) is 4.14. The molecule has 1 heterocycles. The molecule has 3 atom stereocenters. The SMILES string of the molecule is CC1CCCCN1CC1CCCC(C)(C)C1O. The Labute approximate surface area is 106 Å². The molecule has 0 aromatic carbocycles. The van der Waals surface area contributed by atoms with Crippen molar-refractivity contribution in [2.45, 2.75) is 71.4 Å². The summed E-state index contributed by atoms with van der Waals surface area (Å²) in [6.07, 6.45) is 7.65. The van der Waals surface area contributed by atoms with Gasteiger partial charge in [0.15, 0.2) is 0 Å². The van der Waals surface area contributed by atoms with Crippen molar-refractivity contribution < 1.29 is 5.11 Å². The molecule has 2 aliphatic rings. The lowest BCUT2D eigenvalue weighted by molar-refractivity contribution is -0.0486. The molecule has 0 aromatic heterocycles. The van der Waals surface area contributed by atoms with Gasteiger partial charge in [0.05, 0.1) is 6.10 Å². The van der Waals surface area contributed by atoms with Gasteiger partial charge in [-0.1, -0.05) is 26.7 Å². The van der Waals surface area contributed by atoms with Crippen molar-refractivity contribution in [3.8, 4) is 0 Å². The average molecular weight is 239 g/mol. The fourth-order valence-electron chi connectivity index (χ4n) is 3.68. The number of hydrogen-bond acceptors (Lipinski definition) is 2. The highest BCUT2D eigenvalue weighted by Crippen LogP contribution is 2.39. The molecule has 3 unspecified atom stereocenters. The third-order valence-electron chi connectivity index (χ3n) is 5.05. The first-order valence-electron chi connectivity index (χ1n) is 7.43. The normalized spacial score (nSPS) is 39.2. The zero-order valence-corrected chi connectivity index (χ0v) is 11.8. The summed E-state index contributed by atoms with van der Waals surface area (Å²) in [6.45, 7) is 9.16. The Morgan fingerprint density at radius 3 is 2.65 bits per heavy atom. The molecule has 17 heavy (non-hydrogen) atoms. The summed E-state index contributed by atoms with van der Waals surface area (Å²) >= 11 is 0. The number of nitrogens with zero attached hydrogens (tertiary/aromatic N) is 1. The maximum atomic E-state index is 10.5. The molecule has 0 spiro atoms. The average Bonchev–Trinajstić information content (AvgIpc) is 2.28. The van der Waals surface area contributed by atoms with Gasteiger partial charge >= 0.3 is 0 Å². The summed E-state index contributed by atoms with van der Waals surface area (Å²) in [4.78, 5) is 2.61. The van der Waals surface area contributed by atoms with Crippen molar-refractivity contribution in [3.05, 3.63) is 0 Å². The van der Waals surface area contributed by atoms with Crippen LogP contribution in [-0.4, -0.2) is 35.2 Å². The molecule has 1 saturated carbocycles. The van der Waals surface area contributed by atoms with Gasteiger partial charge in [0.2, 0.25) is 0 Å². The fourth-order valence-corrected chi connectivity index (χ4v) is 3.68. The summed E-state index contributed by atoms with van der Waals surface area (Å²) in [7, 11) is 0. The van der Waals surface area contributed by atoms with Crippen LogP contribution < -0.4 is 0 Å². The van der Waals surface area contributed by atoms with Gasteiger partial charge in [-0.05, 0) is 50.5 Å². The lowest BCUT2D eigenvalue weighted by Crippen LogP contribution is -2.48. The zero-order chi connectivity index (χ0) is 12.5. The Morgan fingerprint density at radius 1 is 1.18 bits per heavy atom. The highest BCUT2D eigenvalue weighted by atomic mass is 16.3. The minimum absolute atomic E-state index is 0.106. The van der Waals surface area contributed by atoms with E-state index in [1.165, 1.54) is 45.1 Å². The Bertz CT molecular complexity index is 251. The van der Waals surface area contributed by atoms with E-state index in [0.717, 1.165) is 12.6 Å². The van der Waals surface area contributed by atoms with E-state index in [4.69, 9.17) is 0 Å². The van der Waals surface area contributed by atoms with Crippen molar-refractivity contribution in [1.82, 2.24) is 4.90 Å². The predicted octanol–water partition coefficient (Wildman–Crippen LogP) is 3.05. The number of likely N-dealkylation sites (tertiary alicyclic amines) is 1. The van der Waals surface area contributed by atoms with Gasteiger partial charge in [-0.15, -0.1) is 0 Å². The van der Waals surface area contributed by atoms with Crippen LogP contribution in [-0.2, 0) is 0 Å². The summed E-state index contributed by atoms with van der Waals surface area (Å²) in [5.41, 5.74) is 0.127. The molecule has 2 heteroatoms. The third kappa shape index (κ3) is 3.03. The van der Waals surface area contributed by atoms with E-state index >= 15 is 0 Å². The van der Waals surface area contributed by atoms with Crippen LogP contribution in [0.15, 0.2) is 0 Å². The lowest BCUT2D eigenvalue weighted by Gasteiger charge is -2.44. The summed E-state index contributed by atoms with van der Waals surface area (Å²) in [5, 5.41) is 10.5. The second-order valence-corrected chi connectivity index (χ2v) is 6.93. The number of hydrogen-bond donors (Lipinski definition) is 1. The summed E-state index contributed by atoms with van der Waals surface area (Å²) < 4.78 is 0. The lowest BCUT2D eigenvalue weighted by atomic mass is 9.69. The summed E-state index contributed by atoms with van der Waals surface area (Å²) in [6, 6.07) is 0.723. The van der Waals surface area contributed by atoms with E-state index in [0.29, 0.717) is 5.92 Å². The van der Waals surface area contributed by atoms with E-state index in [1.54, 1.807) is 0 Å². The second kappa shape index (κ2) is 5.27. The van der Waals surface area contributed by atoms with Crippen LogP contribution in [0, 0.1) is 11.3 Å². The molecular formula is C15H29NO. The van der Waals surface area contributed by atoms with Crippen LogP contribution in [0.5, 0.6) is 0 Å². The van der Waals surface area contributed by atoms with Crippen molar-refractivity contribution in [2.75, 3.05) is 13.1 Å². The van der Waals surface area contributed by atoms with E-state index in [2.05, 4.69) is 25.7 Å². The monoisotopic (exact) mass is 239 g/mol. The molecule has 0 bridgehead atoms. The topological polar surface area (TPSA) is 23.5 Å². The molecule has 1 saturated heterocycles. The molecule has 100 valence electrons. The minimum atomic E-state index is -0.106. The largest absolute Gasteiger partial charge is 0.392 e. The quantitative estimate of drug-likeness (QED) is 0.800. The third-order valence-corrected chi connectivity index (χ3v) is 5.05. The van der Waals surface area contributed by atoms with E-state index in [1.807, 2.05) is 0 Å². The Hall–Kier alpha value is -0.0800. The van der Waals surface area contributed by atoms with Gasteiger partial charge in [0, 0.05) is 12.6 Å². The van der Waals surface area contributed by atoms with E-state index < -0.39 is 0 Å². The number of piperidine rings is 1. The van der Waals surface area contributed by atoms with E-state index in [-0.39, 0.29) is 11.5 Å². The van der Waals surface area contributed by atoms with Crippen LogP contribution in [0.4, 0.5) is 0 Å². The van der Waals surface area contributed by atoms with Gasteiger partial charge < -0.3 is 10.0 Å². The van der Waals surface area contributed by atoms with Crippen LogP contribution in [0.1, 0.15) is 59.3 Å². The minimum Gasteiger partial charge on any atom is -0.392 e. The molecule has 1 aliphatic heterocycles. The molecule has 2 rings (SSSR count). The van der Waals surface area contributed by atoms with Gasteiger partial charge in [-0.3, -0.25) is 0 Å². The molecule has 1 aliphatic carbocycles. The molecule has 2 fully saturated rings. The molecule has 1 N–H and O–H groups in total. The van der Waals surface area contributed by atoms with Gasteiger partial charge in [0.25, 0.3) is 0 Å². The first-order valence-corrected chi connectivity index (χ1v) is 7.43. The molecule has 0 amide bonds. The second-order valence-electron chi connectivity index (χ2n) is 6.93. The Balaban J connectivity index is 1.93. The summed E-state index contributed by atoms with van der Waals surface area (Å²) in [5.74, 6) is 0.499. The van der Waals surface area contributed by atoms with Crippen molar-refractivity contribution in [3.63, 3.8) is 0 Å². The first kappa shape index (κ1) is 13.4. The van der Waals surface area contributed by atoms with Gasteiger partial charge in [0.1, 0.15) is 0 Å². The maximum Gasteiger partial charge on any atom is 0.0631 e. The number of aliphatic hydroxyl groups is 1. The number of rotatable bonds is 2. The molecule has 2 nitrogen and oxygen atoms in total. The highest BCUT2D eigenvalue weighted by Gasteiger charge is 2.38. The standard InChI is InChI=1S/C15H29NO/c1-12-7-4-5-10-16(12)11-13-8-6-9-15(2,3)14(13)17/h12-14,17H,4-11H2,1-3H3. The van der Waals surface area contributed by atoms with Gasteiger partial charge in [-0.2, -0.15) is 0 Å². The predicted molar refractivity (Wildman–Crippen MR) is 72.0 cm³/mol. The Morgan fingerprint density at radius 2 is 1.94 bits per heavy atom. The van der Waals surface area contributed by atoms with Crippen LogP contribution >= 0.6 is 0 Å². The molecular weight excluding hydrogens is 210 g/mol. The van der Waals surface area contributed by atoms with E-state index in [9.17, 15) is 5.11 Å². The first-order chi connectivity index (χ1) is 8.00. The van der Waals surface area contributed by atoms with Crippen LogP contribution in [0.3, 0.4) is 0 Å². The zero-order valence-electron chi connectivity index (χ0n) is 11.8. The smallest absolute Gasteiger partial charge is 0.0631 e. The van der Waals surface area contributed by atoms with Crippen molar-refractivity contribution >= 4 is 0 Å². The maximum absolute atomic E-state index is 10.5. The number of aliphatic hydroxyl groups excluding tert-OH is 1. The fraction of sp³-hybridized carbons (Fsp3) is 1.00. The van der Waals surface area contributed by atoms with Crippen LogP contribution in [0.2, 0.25) is 0 Å². The van der Waals surface area contributed by atoms with Crippen LogP contribution in [0.25, 0.3) is 0 Å². The van der Waals surface area contributed by atoms with Crippen molar-refractivity contribution in [1.29, 1.82) is 0 Å². The molecule has 0 aromatic rings. The van der Waals surface area contributed by atoms with Crippen molar-refractivity contribution in [2.24, 2.45) is 11.3 Å². The highest BCUT2D eigenvalue weighted by molar-refractivity contribution is 4.90. The van der Waals surface area contributed by atoms with Gasteiger partial charge in [-0.25, -0.2) is 0 Å².